The van der Waals surface area contributed by atoms with Crippen molar-refractivity contribution in [2.75, 3.05) is 5.75 Å². The summed E-state index contributed by atoms with van der Waals surface area (Å²) in [6.45, 7) is 7.60. The van der Waals surface area contributed by atoms with Crippen molar-refractivity contribution in [3.8, 4) is 0 Å². The monoisotopic (exact) mass is 235 g/mol. The highest BCUT2D eigenvalue weighted by Gasteiger charge is 2.31. The lowest BCUT2D eigenvalue weighted by Crippen LogP contribution is -2.47. The van der Waals surface area contributed by atoms with Gasteiger partial charge in [-0.25, -0.2) is 4.79 Å². The topological polar surface area (TPSA) is 49.3 Å². The van der Waals surface area contributed by atoms with E-state index >= 15 is 0 Å². The van der Waals surface area contributed by atoms with Gasteiger partial charge >= 0.3 is 5.97 Å². The molecule has 0 saturated carbocycles. The van der Waals surface area contributed by atoms with Crippen LogP contribution in [0.15, 0.2) is 0 Å². The van der Waals surface area contributed by atoms with Gasteiger partial charge in [-0.15, -0.1) is 0 Å². The molecule has 5 heteroatoms. The van der Waals surface area contributed by atoms with Crippen LogP contribution in [0.2, 0.25) is 0 Å². The molecule has 0 heterocycles. The first-order chi connectivity index (χ1) is 6.29. The number of carbonyl (C=O) groups is 1. The number of rotatable bonds is 3. The molecule has 0 aromatic carbocycles. The summed E-state index contributed by atoms with van der Waals surface area (Å²) in [6, 6.07) is -0.631. The number of thiocarbonyl (C=S) groups is 1. The Labute approximate surface area is 94.6 Å². The highest BCUT2D eigenvalue weighted by atomic mass is 32.2. The normalized spacial score (nSPS) is 13.4. The van der Waals surface area contributed by atoms with Crippen molar-refractivity contribution in [1.82, 2.24) is 5.32 Å². The molecule has 14 heavy (non-hydrogen) atoms. The Bertz CT molecular complexity index is 223. The van der Waals surface area contributed by atoms with E-state index in [1.54, 1.807) is 0 Å². The minimum Gasteiger partial charge on any atom is -0.480 e. The predicted molar refractivity (Wildman–Crippen MR) is 64.7 cm³/mol. The lowest BCUT2D eigenvalue weighted by Gasteiger charge is -2.28. The van der Waals surface area contributed by atoms with Crippen LogP contribution in [0.25, 0.3) is 0 Å². The van der Waals surface area contributed by atoms with Gasteiger partial charge in [-0.05, 0) is 11.2 Å². The summed E-state index contributed by atoms with van der Waals surface area (Å²) in [5, 5.41) is 11.8. The van der Waals surface area contributed by atoms with Gasteiger partial charge in [0.1, 0.15) is 10.4 Å². The van der Waals surface area contributed by atoms with Crippen LogP contribution < -0.4 is 5.32 Å². The summed E-state index contributed by atoms with van der Waals surface area (Å²) in [4.78, 5) is 11.0. The maximum Gasteiger partial charge on any atom is 0.326 e. The number of carboxylic acid groups (broad SMARTS) is 1. The van der Waals surface area contributed by atoms with Gasteiger partial charge < -0.3 is 10.4 Å². The molecule has 3 nitrogen and oxygen atoms in total. The van der Waals surface area contributed by atoms with Gasteiger partial charge in [0.05, 0.1) is 0 Å². The molecule has 0 radical (unpaired) electrons. The first-order valence-electron chi connectivity index (χ1n) is 4.45. The maximum atomic E-state index is 11.0. The van der Waals surface area contributed by atoms with Crippen molar-refractivity contribution < 1.29 is 9.90 Å². The molecular weight excluding hydrogens is 218 g/mol. The highest BCUT2D eigenvalue weighted by Crippen LogP contribution is 2.20. The molecule has 0 aromatic rings. The minimum absolute atomic E-state index is 0.343. The fourth-order valence-corrected chi connectivity index (χ4v) is 1.87. The van der Waals surface area contributed by atoms with Gasteiger partial charge in [0.2, 0.25) is 0 Å². The first-order valence-corrected chi connectivity index (χ1v) is 5.84. The molecule has 0 spiro atoms. The number of carboxylic acids is 1. The van der Waals surface area contributed by atoms with Crippen LogP contribution in [0.3, 0.4) is 0 Å². The third-order valence-electron chi connectivity index (χ3n) is 1.65. The first kappa shape index (κ1) is 13.7. The van der Waals surface area contributed by atoms with Crippen LogP contribution in [0.4, 0.5) is 0 Å². The standard InChI is InChI=1S/C9H17NO2S2/c1-5-14-8(13)10-6(7(11)12)9(2,3)4/h6H,5H2,1-4H3,(H,10,13)(H,11,12)/t6-/m1/s1. The van der Waals surface area contributed by atoms with Crippen molar-refractivity contribution in [2.24, 2.45) is 5.41 Å². The average molecular weight is 235 g/mol. The van der Waals surface area contributed by atoms with E-state index in [0.717, 1.165) is 5.75 Å². The lowest BCUT2D eigenvalue weighted by molar-refractivity contribution is -0.141. The summed E-state index contributed by atoms with van der Waals surface area (Å²) in [5.41, 5.74) is -0.343. The Morgan fingerprint density at radius 2 is 2.07 bits per heavy atom. The Morgan fingerprint density at radius 1 is 1.57 bits per heavy atom. The van der Waals surface area contributed by atoms with Crippen molar-refractivity contribution in [3.63, 3.8) is 0 Å². The number of aliphatic carboxylic acids is 1. The second-order valence-electron chi connectivity index (χ2n) is 4.00. The van der Waals surface area contributed by atoms with Crippen LogP contribution in [-0.2, 0) is 4.79 Å². The highest BCUT2D eigenvalue weighted by molar-refractivity contribution is 8.22. The second kappa shape index (κ2) is 5.56. The Hall–Kier alpha value is -0.290. The minimum atomic E-state index is -0.864. The van der Waals surface area contributed by atoms with Gasteiger partial charge in [0, 0.05) is 0 Å². The van der Waals surface area contributed by atoms with Crippen LogP contribution >= 0.6 is 24.0 Å². The smallest absolute Gasteiger partial charge is 0.326 e. The number of hydrogen-bond acceptors (Lipinski definition) is 3. The SMILES string of the molecule is CCSC(=S)N[C@H](C(=O)O)C(C)(C)C. The summed E-state index contributed by atoms with van der Waals surface area (Å²) < 4.78 is 0.551. The molecule has 0 saturated heterocycles. The molecule has 82 valence electrons. The van der Waals surface area contributed by atoms with Crippen molar-refractivity contribution >= 4 is 34.3 Å². The van der Waals surface area contributed by atoms with Crippen LogP contribution in [0.1, 0.15) is 27.7 Å². The molecule has 0 rings (SSSR count). The molecule has 0 aliphatic heterocycles. The zero-order valence-electron chi connectivity index (χ0n) is 8.96. The van der Waals surface area contributed by atoms with E-state index < -0.39 is 12.0 Å². The van der Waals surface area contributed by atoms with Crippen LogP contribution in [-0.4, -0.2) is 27.2 Å². The fourth-order valence-electron chi connectivity index (χ4n) is 0.939. The summed E-state index contributed by atoms with van der Waals surface area (Å²) in [5.74, 6) is -0.0148. The zero-order valence-corrected chi connectivity index (χ0v) is 10.6. The third kappa shape index (κ3) is 4.81. The molecule has 1 atom stereocenters. The Morgan fingerprint density at radius 3 is 2.36 bits per heavy atom. The van der Waals surface area contributed by atoms with E-state index in [1.807, 2.05) is 27.7 Å². The quantitative estimate of drug-likeness (QED) is 0.734. The van der Waals surface area contributed by atoms with Gasteiger partial charge in [0.25, 0.3) is 0 Å². The van der Waals surface area contributed by atoms with Crippen molar-refractivity contribution in [1.29, 1.82) is 0 Å². The molecule has 0 unspecified atom stereocenters. The third-order valence-corrected chi connectivity index (χ3v) is 2.79. The summed E-state index contributed by atoms with van der Waals surface area (Å²) >= 11 is 6.46. The number of thioether (sulfide) groups is 1. The van der Waals surface area contributed by atoms with E-state index in [1.165, 1.54) is 11.8 Å². The van der Waals surface area contributed by atoms with Crippen molar-refractivity contribution in [3.05, 3.63) is 0 Å². The molecule has 0 bridgehead atoms. The second-order valence-corrected chi connectivity index (χ2v) is 5.94. The van der Waals surface area contributed by atoms with Gasteiger partial charge in [-0.1, -0.05) is 51.7 Å². The van der Waals surface area contributed by atoms with Gasteiger partial charge in [-0.2, -0.15) is 0 Å². The molecule has 0 aromatic heterocycles. The average Bonchev–Trinajstić information content (AvgIpc) is 1.98. The van der Waals surface area contributed by atoms with Crippen LogP contribution in [0, 0.1) is 5.41 Å². The molecule has 0 fully saturated rings. The molecule has 2 N–H and O–H groups in total. The van der Waals surface area contributed by atoms with E-state index in [9.17, 15) is 4.79 Å². The molecular formula is C9H17NO2S2. The van der Waals surface area contributed by atoms with E-state index in [4.69, 9.17) is 17.3 Å². The predicted octanol–water partition coefficient (Wildman–Crippen LogP) is 2.11. The fraction of sp³-hybridized carbons (Fsp3) is 0.778. The van der Waals surface area contributed by atoms with Crippen LogP contribution in [0.5, 0.6) is 0 Å². The zero-order chi connectivity index (χ0) is 11.4. The summed E-state index contributed by atoms with van der Waals surface area (Å²) in [7, 11) is 0. The van der Waals surface area contributed by atoms with E-state index in [-0.39, 0.29) is 5.41 Å². The lowest BCUT2D eigenvalue weighted by atomic mass is 9.87. The molecule has 0 aliphatic rings. The Balaban J connectivity index is 4.40. The Kier molecular flexibility index (Phi) is 5.44. The largest absolute Gasteiger partial charge is 0.480 e. The number of nitrogens with one attached hydrogen (secondary N) is 1. The maximum absolute atomic E-state index is 11.0. The molecule has 0 aliphatic carbocycles. The number of hydrogen-bond donors (Lipinski definition) is 2. The van der Waals surface area contributed by atoms with Gasteiger partial charge in [0.15, 0.2) is 0 Å². The van der Waals surface area contributed by atoms with E-state index in [2.05, 4.69) is 5.32 Å². The summed E-state index contributed by atoms with van der Waals surface area (Å²) in [6.07, 6.45) is 0. The van der Waals surface area contributed by atoms with E-state index in [0.29, 0.717) is 4.32 Å². The van der Waals surface area contributed by atoms with Crippen molar-refractivity contribution in [2.45, 2.75) is 33.7 Å². The van der Waals surface area contributed by atoms with Gasteiger partial charge in [-0.3, -0.25) is 0 Å². The molecule has 0 amide bonds.